The Labute approximate surface area is 155 Å². The van der Waals surface area contributed by atoms with E-state index < -0.39 is 21.2 Å². The molecule has 0 heterocycles. The Hall–Kier alpha value is -1.11. The predicted octanol–water partition coefficient (Wildman–Crippen LogP) is 3.06. The van der Waals surface area contributed by atoms with Crippen molar-refractivity contribution in [1.29, 1.82) is 0 Å². The number of esters is 1. The quantitative estimate of drug-likeness (QED) is 0.673. The highest BCUT2D eigenvalue weighted by atomic mass is 35.5. The van der Waals surface area contributed by atoms with Crippen molar-refractivity contribution in [3.05, 3.63) is 34.9 Å². The third-order valence-electron chi connectivity index (χ3n) is 4.43. The van der Waals surface area contributed by atoms with Crippen molar-refractivity contribution in [3.8, 4) is 0 Å². The van der Waals surface area contributed by atoms with E-state index in [9.17, 15) is 13.2 Å². The number of halogens is 1. The van der Waals surface area contributed by atoms with Gasteiger partial charge in [0.05, 0.1) is 17.4 Å². The Bertz CT molecular complexity index is 673. The maximum Gasteiger partial charge on any atom is 0.307 e. The van der Waals surface area contributed by atoms with Gasteiger partial charge in [-0.25, -0.2) is 8.42 Å². The molecule has 0 saturated heterocycles. The summed E-state index contributed by atoms with van der Waals surface area (Å²) in [6.07, 6.45) is 2.61. The van der Waals surface area contributed by atoms with E-state index in [0.29, 0.717) is 30.0 Å². The lowest BCUT2D eigenvalue weighted by atomic mass is 9.97. The highest BCUT2D eigenvalue weighted by Crippen LogP contribution is 2.29. The monoisotopic (exact) mass is 387 g/mol. The molecule has 2 rings (SSSR count). The van der Waals surface area contributed by atoms with Gasteiger partial charge < -0.3 is 9.64 Å². The second-order valence-electron chi connectivity index (χ2n) is 6.84. The average Bonchev–Trinajstić information content (AvgIpc) is 2.55. The van der Waals surface area contributed by atoms with Gasteiger partial charge in [-0.3, -0.25) is 4.79 Å². The molecule has 1 fully saturated rings. The van der Waals surface area contributed by atoms with Crippen LogP contribution in [0.15, 0.2) is 24.3 Å². The molecule has 0 spiro atoms. The molecule has 1 aromatic rings. The maximum atomic E-state index is 12.9. The molecule has 1 aliphatic rings. The van der Waals surface area contributed by atoms with Crippen LogP contribution in [-0.2, 0) is 25.1 Å². The first kappa shape index (κ1) is 20.2. The molecular weight excluding hydrogens is 362 g/mol. The fourth-order valence-electron chi connectivity index (χ4n) is 3.07. The summed E-state index contributed by atoms with van der Waals surface area (Å²) in [5.41, 5.74) is 0.702. The van der Waals surface area contributed by atoms with E-state index in [2.05, 4.69) is 0 Å². The number of hydrogen-bond donors (Lipinski definition) is 0. The zero-order valence-electron chi connectivity index (χ0n) is 14.8. The molecule has 0 aliphatic heterocycles. The summed E-state index contributed by atoms with van der Waals surface area (Å²) >= 11 is 5.85. The molecule has 0 amide bonds. The van der Waals surface area contributed by atoms with Crippen LogP contribution in [0.25, 0.3) is 0 Å². The van der Waals surface area contributed by atoms with Crippen LogP contribution in [0.3, 0.4) is 0 Å². The van der Waals surface area contributed by atoms with Gasteiger partial charge in [-0.15, -0.1) is 0 Å². The number of carbonyl (C=O) groups excluding carboxylic acids is 1. The van der Waals surface area contributed by atoms with E-state index in [1.54, 1.807) is 24.3 Å². The number of benzene rings is 1. The molecule has 140 valence electrons. The molecule has 0 bridgehead atoms. The van der Waals surface area contributed by atoms with Gasteiger partial charge in [0.25, 0.3) is 0 Å². The maximum absolute atomic E-state index is 12.9. The van der Waals surface area contributed by atoms with Crippen molar-refractivity contribution >= 4 is 27.4 Å². The number of carbonyl (C=O) groups is 1. The zero-order chi connectivity index (χ0) is 18.4. The van der Waals surface area contributed by atoms with E-state index >= 15 is 0 Å². The number of rotatable bonds is 7. The van der Waals surface area contributed by atoms with E-state index in [-0.39, 0.29) is 18.1 Å². The minimum absolute atomic E-state index is 0.0550. The molecule has 7 heteroatoms. The Kier molecular flexibility index (Phi) is 7.28. The summed E-state index contributed by atoms with van der Waals surface area (Å²) in [4.78, 5) is 13.9. The van der Waals surface area contributed by atoms with Crippen LogP contribution < -0.4 is 0 Å². The average molecular weight is 388 g/mol. The number of sulfone groups is 1. The molecule has 1 aromatic carbocycles. The smallest absolute Gasteiger partial charge is 0.307 e. The summed E-state index contributed by atoms with van der Waals surface area (Å²) in [5.74, 6) is -0.382. The van der Waals surface area contributed by atoms with Crippen LogP contribution in [0.1, 0.15) is 37.7 Å². The Balaban J connectivity index is 2.04. The summed E-state index contributed by atoms with van der Waals surface area (Å²) in [6.45, 7) is 0.591. The highest BCUT2D eigenvalue weighted by molar-refractivity contribution is 7.91. The molecule has 25 heavy (non-hydrogen) atoms. The molecule has 0 N–H and O–H groups in total. The molecule has 0 unspecified atom stereocenters. The van der Waals surface area contributed by atoms with Crippen LogP contribution in [0, 0.1) is 0 Å². The minimum atomic E-state index is -3.41. The van der Waals surface area contributed by atoms with Crippen LogP contribution >= 0.6 is 11.6 Å². The highest BCUT2D eigenvalue weighted by Gasteiger charge is 2.37. The first-order valence-electron chi connectivity index (χ1n) is 8.58. The second kappa shape index (κ2) is 9.01. The van der Waals surface area contributed by atoms with E-state index in [1.807, 2.05) is 19.0 Å². The number of ether oxygens (including phenoxy) is 1. The van der Waals surface area contributed by atoms with Crippen LogP contribution in [-0.4, -0.2) is 51.3 Å². The molecule has 1 saturated carbocycles. The van der Waals surface area contributed by atoms with Gasteiger partial charge >= 0.3 is 5.97 Å². The van der Waals surface area contributed by atoms with Crippen molar-refractivity contribution in [2.24, 2.45) is 0 Å². The van der Waals surface area contributed by atoms with Gasteiger partial charge in [0, 0.05) is 11.6 Å². The van der Waals surface area contributed by atoms with Gasteiger partial charge in [-0.1, -0.05) is 30.2 Å². The summed E-state index contributed by atoms with van der Waals surface area (Å²) < 4.78 is 31.3. The molecular formula is C18H26ClNO4S. The fourth-order valence-corrected chi connectivity index (χ4v) is 5.25. The van der Waals surface area contributed by atoms with Crippen LogP contribution in [0.2, 0.25) is 5.02 Å². The van der Waals surface area contributed by atoms with Gasteiger partial charge in [-0.2, -0.15) is 0 Å². The zero-order valence-corrected chi connectivity index (χ0v) is 16.4. The van der Waals surface area contributed by atoms with Crippen molar-refractivity contribution in [2.75, 3.05) is 20.6 Å². The van der Waals surface area contributed by atoms with E-state index in [1.165, 1.54) is 0 Å². The third-order valence-corrected chi connectivity index (χ3v) is 6.88. The van der Waals surface area contributed by atoms with Crippen molar-refractivity contribution in [2.45, 2.75) is 49.2 Å². The Morgan fingerprint density at radius 1 is 1.20 bits per heavy atom. The summed E-state index contributed by atoms with van der Waals surface area (Å²) in [5, 5.41) is -0.0493. The van der Waals surface area contributed by atoms with Gasteiger partial charge in [0.15, 0.2) is 9.84 Å². The molecule has 1 aliphatic carbocycles. The topological polar surface area (TPSA) is 63.7 Å². The van der Waals surface area contributed by atoms with Gasteiger partial charge in [-0.05, 0) is 51.1 Å². The Morgan fingerprint density at radius 2 is 1.84 bits per heavy atom. The second-order valence-corrected chi connectivity index (χ2v) is 9.49. The molecule has 2 atom stereocenters. The lowest BCUT2D eigenvalue weighted by Gasteiger charge is -2.31. The lowest BCUT2D eigenvalue weighted by Crippen LogP contribution is -2.40. The first-order valence-corrected chi connectivity index (χ1v) is 10.7. The van der Waals surface area contributed by atoms with Crippen LogP contribution in [0.4, 0.5) is 0 Å². The summed E-state index contributed by atoms with van der Waals surface area (Å²) in [6, 6.07) is 6.82. The number of hydrogen-bond acceptors (Lipinski definition) is 5. The third kappa shape index (κ3) is 6.28. The fraction of sp³-hybridized carbons (Fsp3) is 0.611. The SMILES string of the molecule is CN(C)CCC(=O)O[C@H]1CCCC[C@H]1S(=O)(=O)Cc1ccc(Cl)cc1. The first-order chi connectivity index (χ1) is 11.8. The van der Waals surface area contributed by atoms with Gasteiger partial charge in [0.1, 0.15) is 6.10 Å². The number of nitrogens with zero attached hydrogens (tertiary/aromatic N) is 1. The standard InChI is InChI=1S/C18H26ClNO4S/c1-20(2)12-11-18(21)24-16-5-3-4-6-17(16)25(22,23)13-14-7-9-15(19)10-8-14/h7-10,16-17H,3-6,11-13H2,1-2H3/t16-,17+/m0/s1. The van der Waals surface area contributed by atoms with Crippen molar-refractivity contribution in [1.82, 2.24) is 4.90 Å². The molecule has 5 nitrogen and oxygen atoms in total. The van der Waals surface area contributed by atoms with E-state index in [4.69, 9.17) is 16.3 Å². The van der Waals surface area contributed by atoms with E-state index in [0.717, 1.165) is 12.8 Å². The lowest BCUT2D eigenvalue weighted by molar-refractivity contribution is -0.150. The molecule has 0 aromatic heterocycles. The normalized spacial score (nSPS) is 21.3. The molecule has 0 radical (unpaired) electrons. The predicted molar refractivity (Wildman–Crippen MR) is 99.4 cm³/mol. The Morgan fingerprint density at radius 3 is 2.48 bits per heavy atom. The van der Waals surface area contributed by atoms with Crippen molar-refractivity contribution in [3.63, 3.8) is 0 Å². The van der Waals surface area contributed by atoms with Gasteiger partial charge in [0.2, 0.25) is 0 Å². The van der Waals surface area contributed by atoms with Crippen molar-refractivity contribution < 1.29 is 17.9 Å². The minimum Gasteiger partial charge on any atom is -0.461 e. The largest absolute Gasteiger partial charge is 0.461 e. The summed E-state index contributed by atoms with van der Waals surface area (Å²) in [7, 11) is 0.358. The van der Waals surface area contributed by atoms with Crippen LogP contribution in [0.5, 0.6) is 0 Å².